The fourth-order valence-electron chi connectivity index (χ4n) is 0.970. The average molecular weight is 241 g/mol. The topological polar surface area (TPSA) is 32.7 Å². The minimum Gasteiger partial charge on any atom is -0.298 e. The molecule has 1 heterocycles. The smallest absolute Gasteiger partial charge is 0.168 e. The highest BCUT2D eigenvalue weighted by molar-refractivity contribution is 9.11. The maximum absolute atomic E-state index is 10.7. The van der Waals surface area contributed by atoms with Crippen LogP contribution in [0.25, 0.3) is 0 Å². The van der Waals surface area contributed by atoms with E-state index in [9.17, 15) is 4.79 Å². The molecule has 0 aromatic rings. The van der Waals surface area contributed by atoms with Crippen molar-refractivity contribution in [3.8, 4) is 0 Å². The second kappa shape index (κ2) is 4.18. The molecule has 0 N–H and O–H groups in total. The first-order valence-electron chi connectivity index (χ1n) is 3.64. The molecule has 0 amide bonds. The van der Waals surface area contributed by atoms with Gasteiger partial charge in [-0.3, -0.25) is 14.7 Å². The summed E-state index contributed by atoms with van der Waals surface area (Å²) in [4.78, 5) is 16.2. The Labute approximate surface area is 85.3 Å². The molecule has 0 spiro atoms. The van der Waals surface area contributed by atoms with E-state index in [4.69, 9.17) is 0 Å². The first kappa shape index (κ1) is 9.92. The molecular formula is C9H9BrN2O. The van der Waals surface area contributed by atoms with Crippen molar-refractivity contribution in [1.82, 2.24) is 4.90 Å². The lowest BCUT2D eigenvalue weighted by Gasteiger charge is -2.23. The van der Waals surface area contributed by atoms with Gasteiger partial charge in [0.05, 0.1) is 6.34 Å². The number of rotatable bonds is 2. The van der Waals surface area contributed by atoms with Crippen molar-refractivity contribution in [3.63, 3.8) is 0 Å². The lowest BCUT2D eigenvalue weighted by atomic mass is 10.2. The number of aldehydes is 1. The van der Waals surface area contributed by atoms with Crippen LogP contribution in [-0.4, -0.2) is 24.6 Å². The van der Waals surface area contributed by atoms with Gasteiger partial charge in [0.15, 0.2) is 6.29 Å². The third kappa shape index (κ3) is 1.95. The largest absolute Gasteiger partial charge is 0.298 e. The van der Waals surface area contributed by atoms with Crippen LogP contribution < -0.4 is 0 Å². The molecule has 0 saturated carbocycles. The summed E-state index contributed by atoms with van der Waals surface area (Å²) >= 11 is 3.27. The van der Waals surface area contributed by atoms with Gasteiger partial charge in [-0.15, -0.1) is 0 Å². The summed E-state index contributed by atoms with van der Waals surface area (Å²) < 4.78 is 0.731. The zero-order valence-electron chi connectivity index (χ0n) is 7.20. The molecule has 0 aliphatic carbocycles. The van der Waals surface area contributed by atoms with Crippen molar-refractivity contribution in [2.24, 2.45) is 4.99 Å². The van der Waals surface area contributed by atoms with Crippen LogP contribution in [0.2, 0.25) is 0 Å². The van der Waals surface area contributed by atoms with Gasteiger partial charge in [-0.1, -0.05) is 6.58 Å². The van der Waals surface area contributed by atoms with Crippen LogP contribution in [0.4, 0.5) is 0 Å². The minimum absolute atomic E-state index is 0.512. The van der Waals surface area contributed by atoms with Crippen molar-refractivity contribution in [3.05, 3.63) is 34.6 Å². The highest BCUT2D eigenvalue weighted by Crippen LogP contribution is 2.23. The molecule has 68 valence electrons. The van der Waals surface area contributed by atoms with Crippen molar-refractivity contribution in [2.75, 3.05) is 7.05 Å². The van der Waals surface area contributed by atoms with Gasteiger partial charge in [0.25, 0.3) is 0 Å². The zero-order chi connectivity index (χ0) is 9.84. The Morgan fingerprint density at radius 1 is 1.62 bits per heavy atom. The fraction of sp³-hybridized carbons (Fsp3) is 0.111. The summed E-state index contributed by atoms with van der Waals surface area (Å²) in [6.45, 7) is 3.78. The van der Waals surface area contributed by atoms with E-state index >= 15 is 0 Å². The maximum Gasteiger partial charge on any atom is 0.168 e. The number of halogens is 1. The third-order valence-electron chi connectivity index (χ3n) is 1.58. The predicted octanol–water partition coefficient (Wildman–Crippen LogP) is 1.84. The van der Waals surface area contributed by atoms with E-state index in [0.29, 0.717) is 5.70 Å². The van der Waals surface area contributed by atoms with Crippen LogP contribution in [0, 0.1) is 0 Å². The number of nitrogens with zero attached hydrogens (tertiary/aromatic N) is 2. The second-order valence-electron chi connectivity index (χ2n) is 2.42. The Kier molecular flexibility index (Phi) is 3.19. The van der Waals surface area contributed by atoms with E-state index in [0.717, 1.165) is 16.5 Å². The quantitative estimate of drug-likeness (QED) is 0.419. The van der Waals surface area contributed by atoms with E-state index < -0.39 is 0 Å². The van der Waals surface area contributed by atoms with Crippen molar-refractivity contribution < 1.29 is 4.79 Å². The molecule has 1 aliphatic heterocycles. The minimum atomic E-state index is 0.512. The first-order chi connectivity index (χ1) is 6.20. The molecule has 1 aliphatic rings. The van der Waals surface area contributed by atoms with Crippen LogP contribution in [-0.2, 0) is 4.79 Å². The summed E-state index contributed by atoms with van der Waals surface area (Å²) in [6, 6.07) is 0. The van der Waals surface area contributed by atoms with Gasteiger partial charge in [-0.25, -0.2) is 0 Å². The van der Waals surface area contributed by atoms with Crippen LogP contribution in [0.1, 0.15) is 0 Å². The van der Waals surface area contributed by atoms with Gasteiger partial charge < -0.3 is 0 Å². The number of carbonyl (C=O) groups excluding carboxylic acids is 1. The number of carbonyl (C=O) groups is 1. The highest BCUT2D eigenvalue weighted by atomic mass is 79.9. The molecule has 0 aromatic carbocycles. The highest BCUT2D eigenvalue weighted by Gasteiger charge is 2.15. The van der Waals surface area contributed by atoms with Gasteiger partial charge in [0.2, 0.25) is 0 Å². The fourth-order valence-corrected chi connectivity index (χ4v) is 1.39. The summed E-state index contributed by atoms with van der Waals surface area (Å²) in [7, 11) is 1.64. The Morgan fingerprint density at radius 2 is 2.31 bits per heavy atom. The van der Waals surface area contributed by atoms with Gasteiger partial charge in [-0.2, -0.15) is 0 Å². The van der Waals surface area contributed by atoms with Gasteiger partial charge in [0.1, 0.15) is 5.70 Å². The molecule has 0 saturated heterocycles. The molecule has 0 atom stereocenters. The van der Waals surface area contributed by atoms with Crippen molar-refractivity contribution in [1.29, 1.82) is 0 Å². The first-order valence-corrected chi connectivity index (χ1v) is 4.43. The summed E-state index contributed by atoms with van der Waals surface area (Å²) in [6.07, 6.45) is 5.90. The standard InChI is InChI=1S/C9H9BrN2O/c1-7-3-4-8(10)9(5-13)12(7)6-11-2/h3-6H,1H2,2H3. The Bertz CT molecular complexity index is 329. The molecule has 0 radical (unpaired) electrons. The summed E-state index contributed by atoms with van der Waals surface area (Å²) in [5.74, 6) is 0. The Morgan fingerprint density at radius 3 is 2.85 bits per heavy atom. The monoisotopic (exact) mass is 240 g/mol. The lowest BCUT2D eigenvalue weighted by molar-refractivity contribution is -0.105. The van der Waals surface area contributed by atoms with Gasteiger partial charge >= 0.3 is 0 Å². The van der Waals surface area contributed by atoms with Crippen LogP contribution in [0.5, 0.6) is 0 Å². The molecular weight excluding hydrogens is 232 g/mol. The van der Waals surface area contributed by atoms with E-state index in [1.54, 1.807) is 30.4 Å². The van der Waals surface area contributed by atoms with Crippen LogP contribution in [0.15, 0.2) is 39.6 Å². The van der Waals surface area contributed by atoms with E-state index in [1.807, 2.05) is 0 Å². The molecule has 13 heavy (non-hydrogen) atoms. The molecule has 0 unspecified atom stereocenters. The Hall–Kier alpha value is -1.16. The molecule has 4 heteroatoms. The van der Waals surface area contributed by atoms with Crippen molar-refractivity contribution >= 4 is 28.6 Å². The van der Waals surface area contributed by atoms with E-state index in [-0.39, 0.29) is 0 Å². The molecule has 0 bridgehead atoms. The number of allylic oxidation sites excluding steroid dienone is 4. The maximum atomic E-state index is 10.7. The molecule has 0 fully saturated rings. The summed E-state index contributed by atoms with van der Waals surface area (Å²) in [5, 5.41) is 0. The van der Waals surface area contributed by atoms with Gasteiger partial charge in [-0.05, 0) is 28.1 Å². The average Bonchev–Trinajstić information content (AvgIpc) is 2.12. The number of aliphatic imine (C=N–C) groups is 1. The van der Waals surface area contributed by atoms with Crippen LogP contribution in [0.3, 0.4) is 0 Å². The zero-order valence-corrected chi connectivity index (χ0v) is 8.78. The van der Waals surface area contributed by atoms with Crippen LogP contribution >= 0.6 is 15.9 Å². The molecule has 3 nitrogen and oxygen atoms in total. The van der Waals surface area contributed by atoms with Crippen molar-refractivity contribution in [2.45, 2.75) is 0 Å². The van der Waals surface area contributed by atoms with Gasteiger partial charge in [0, 0.05) is 17.2 Å². The normalized spacial score (nSPS) is 17.4. The predicted molar refractivity (Wildman–Crippen MR) is 56.6 cm³/mol. The SMILES string of the molecule is C=C1C=CC(Br)=C(C=O)N1C=NC. The second-order valence-corrected chi connectivity index (χ2v) is 3.27. The Balaban J connectivity index is 3.11. The van der Waals surface area contributed by atoms with E-state index in [2.05, 4.69) is 27.5 Å². The van der Waals surface area contributed by atoms with E-state index in [1.165, 1.54) is 0 Å². The molecule has 1 rings (SSSR count). The molecule has 0 aromatic heterocycles. The summed E-state index contributed by atoms with van der Waals surface area (Å²) in [5.41, 5.74) is 1.23. The number of hydrogen-bond donors (Lipinski definition) is 0. The number of hydrogen-bond acceptors (Lipinski definition) is 2. The third-order valence-corrected chi connectivity index (χ3v) is 2.25. The lowest BCUT2D eigenvalue weighted by Crippen LogP contribution is -2.22.